The number of hydrogen-bond donors (Lipinski definition) is 1. The van der Waals surface area contributed by atoms with Gasteiger partial charge in [-0.15, -0.1) is 0 Å². The van der Waals surface area contributed by atoms with Gasteiger partial charge in [0.2, 0.25) is 0 Å². The first-order chi connectivity index (χ1) is 8.04. The third kappa shape index (κ3) is 4.43. The summed E-state index contributed by atoms with van der Waals surface area (Å²) in [7, 11) is 1.78. The highest BCUT2D eigenvalue weighted by atomic mass is 19.1. The largest absolute Gasteiger partial charge is 0.313 e. The summed E-state index contributed by atoms with van der Waals surface area (Å²) in [6, 6.07) is 3.52. The standard InChI is InChI=1S/C14H21F2N/c1-10(2)5-4-6-14(17-3)12-9-11(15)7-8-13(12)16/h7-10,14,17H,4-6H2,1-3H3. The molecule has 0 aliphatic carbocycles. The Morgan fingerprint density at radius 3 is 2.47 bits per heavy atom. The van der Waals surface area contributed by atoms with Gasteiger partial charge in [-0.05, 0) is 37.6 Å². The van der Waals surface area contributed by atoms with Gasteiger partial charge >= 0.3 is 0 Å². The number of benzene rings is 1. The fraction of sp³-hybridized carbons (Fsp3) is 0.571. The third-order valence-electron chi connectivity index (χ3n) is 2.96. The van der Waals surface area contributed by atoms with E-state index in [1.165, 1.54) is 12.1 Å². The fourth-order valence-electron chi connectivity index (χ4n) is 1.97. The quantitative estimate of drug-likeness (QED) is 0.792. The molecule has 96 valence electrons. The van der Waals surface area contributed by atoms with Crippen molar-refractivity contribution >= 4 is 0 Å². The van der Waals surface area contributed by atoms with Crippen molar-refractivity contribution in [3.05, 3.63) is 35.4 Å². The van der Waals surface area contributed by atoms with Crippen LogP contribution in [-0.2, 0) is 0 Å². The Morgan fingerprint density at radius 2 is 1.88 bits per heavy atom. The highest BCUT2D eigenvalue weighted by Gasteiger charge is 2.14. The zero-order chi connectivity index (χ0) is 12.8. The van der Waals surface area contributed by atoms with E-state index < -0.39 is 0 Å². The van der Waals surface area contributed by atoms with Gasteiger partial charge in [0.25, 0.3) is 0 Å². The van der Waals surface area contributed by atoms with Crippen LogP contribution in [0.5, 0.6) is 0 Å². The summed E-state index contributed by atoms with van der Waals surface area (Å²) in [5.74, 6) is -0.0781. The van der Waals surface area contributed by atoms with Gasteiger partial charge in [0.05, 0.1) is 0 Å². The number of hydrogen-bond acceptors (Lipinski definition) is 1. The number of rotatable bonds is 6. The molecule has 0 amide bonds. The smallest absolute Gasteiger partial charge is 0.128 e. The van der Waals surface area contributed by atoms with Crippen molar-refractivity contribution in [1.29, 1.82) is 0 Å². The monoisotopic (exact) mass is 241 g/mol. The molecule has 0 radical (unpaired) electrons. The zero-order valence-electron chi connectivity index (χ0n) is 10.8. The van der Waals surface area contributed by atoms with Gasteiger partial charge < -0.3 is 5.32 Å². The van der Waals surface area contributed by atoms with E-state index >= 15 is 0 Å². The lowest BCUT2D eigenvalue weighted by Crippen LogP contribution is -2.18. The summed E-state index contributed by atoms with van der Waals surface area (Å²) in [6.07, 6.45) is 2.95. The SMILES string of the molecule is CNC(CCCC(C)C)c1cc(F)ccc1F. The Kier molecular flexibility index (Phi) is 5.56. The summed E-state index contributed by atoms with van der Waals surface area (Å²) in [5, 5.41) is 3.05. The molecule has 0 aliphatic rings. The first kappa shape index (κ1) is 14.1. The molecular formula is C14H21F2N. The van der Waals surface area contributed by atoms with Crippen molar-refractivity contribution in [1.82, 2.24) is 5.32 Å². The average molecular weight is 241 g/mol. The van der Waals surface area contributed by atoms with Gasteiger partial charge in [0.1, 0.15) is 11.6 Å². The Morgan fingerprint density at radius 1 is 1.18 bits per heavy atom. The summed E-state index contributed by atoms with van der Waals surface area (Å²) in [6.45, 7) is 4.33. The second-order valence-corrected chi connectivity index (χ2v) is 4.83. The van der Waals surface area contributed by atoms with Crippen LogP contribution in [0.3, 0.4) is 0 Å². The minimum Gasteiger partial charge on any atom is -0.313 e. The molecule has 17 heavy (non-hydrogen) atoms. The van der Waals surface area contributed by atoms with Gasteiger partial charge in [0, 0.05) is 11.6 Å². The van der Waals surface area contributed by atoms with Gasteiger partial charge in [-0.3, -0.25) is 0 Å². The summed E-state index contributed by atoms with van der Waals surface area (Å²) in [5.41, 5.74) is 0.427. The van der Waals surface area contributed by atoms with E-state index in [0.717, 1.165) is 25.3 Å². The minimum atomic E-state index is -0.384. The van der Waals surface area contributed by atoms with Crippen molar-refractivity contribution < 1.29 is 8.78 Å². The predicted octanol–water partition coefficient (Wildman–Crippen LogP) is 4.05. The molecule has 0 spiro atoms. The van der Waals surface area contributed by atoms with E-state index in [9.17, 15) is 8.78 Å². The lowest BCUT2D eigenvalue weighted by molar-refractivity contribution is 0.453. The van der Waals surface area contributed by atoms with Crippen molar-refractivity contribution in [3.63, 3.8) is 0 Å². The molecule has 0 heterocycles. The molecule has 0 aliphatic heterocycles. The molecule has 3 heteroatoms. The maximum Gasteiger partial charge on any atom is 0.128 e. The lowest BCUT2D eigenvalue weighted by Gasteiger charge is -2.18. The summed E-state index contributed by atoms with van der Waals surface area (Å²) < 4.78 is 26.7. The number of halogens is 2. The van der Waals surface area contributed by atoms with Crippen molar-refractivity contribution in [2.24, 2.45) is 5.92 Å². The van der Waals surface area contributed by atoms with Crippen LogP contribution in [0.25, 0.3) is 0 Å². The van der Waals surface area contributed by atoms with Crippen LogP contribution in [0.4, 0.5) is 8.78 Å². The lowest BCUT2D eigenvalue weighted by atomic mass is 9.97. The summed E-state index contributed by atoms with van der Waals surface area (Å²) in [4.78, 5) is 0. The van der Waals surface area contributed by atoms with E-state index in [1.54, 1.807) is 7.05 Å². The molecule has 1 unspecified atom stereocenters. The minimum absolute atomic E-state index is 0.107. The van der Waals surface area contributed by atoms with E-state index in [1.807, 2.05) is 0 Å². The van der Waals surface area contributed by atoms with Gasteiger partial charge in [-0.2, -0.15) is 0 Å². The topological polar surface area (TPSA) is 12.0 Å². The predicted molar refractivity (Wildman–Crippen MR) is 66.8 cm³/mol. The maximum absolute atomic E-state index is 13.6. The number of nitrogens with one attached hydrogen (secondary N) is 1. The summed E-state index contributed by atoms with van der Waals surface area (Å²) >= 11 is 0. The molecule has 0 saturated heterocycles. The van der Waals surface area contributed by atoms with Gasteiger partial charge in [-0.1, -0.05) is 26.7 Å². The first-order valence-corrected chi connectivity index (χ1v) is 6.16. The molecule has 1 rings (SSSR count). The van der Waals surface area contributed by atoms with Crippen LogP contribution in [-0.4, -0.2) is 7.05 Å². The fourth-order valence-corrected chi connectivity index (χ4v) is 1.97. The zero-order valence-corrected chi connectivity index (χ0v) is 10.8. The molecule has 0 aromatic heterocycles. The molecule has 0 fully saturated rings. The van der Waals surface area contributed by atoms with E-state index in [0.29, 0.717) is 11.5 Å². The van der Waals surface area contributed by atoms with Crippen LogP contribution in [0.2, 0.25) is 0 Å². The Bertz CT molecular complexity index is 350. The average Bonchev–Trinajstić information content (AvgIpc) is 2.28. The molecule has 0 bridgehead atoms. The highest BCUT2D eigenvalue weighted by molar-refractivity contribution is 5.22. The Balaban J connectivity index is 2.68. The van der Waals surface area contributed by atoms with Gasteiger partial charge in [-0.25, -0.2) is 8.78 Å². The molecule has 0 saturated carbocycles. The third-order valence-corrected chi connectivity index (χ3v) is 2.96. The van der Waals surface area contributed by atoms with Crippen LogP contribution < -0.4 is 5.32 Å². The molecule has 1 nitrogen and oxygen atoms in total. The Labute approximate surface area is 102 Å². The second-order valence-electron chi connectivity index (χ2n) is 4.83. The normalized spacial score (nSPS) is 13.1. The van der Waals surface area contributed by atoms with Crippen LogP contribution in [0, 0.1) is 17.6 Å². The van der Waals surface area contributed by atoms with Crippen LogP contribution in [0.15, 0.2) is 18.2 Å². The molecule has 1 atom stereocenters. The molecule has 1 aromatic rings. The molecule has 1 N–H and O–H groups in total. The second kappa shape index (κ2) is 6.70. The molecular weight excluding hydrogens is 220 g/mol. The maximum atomic E-state index is 13.6. The van der Waals surface area contributed by atoms with E-state index in [-0.39, 0.29) is 17.7 Å². The molecule has 1 aromatic carbocycles. The van der Waals surface area contributed by atoms with Crippen LogP contribution >= 0.6 is 0 Å². The van der Waals surface area contributed by atoms with E-state index in [4.69, 9.17) is 0 Å². The van der Waals surface area contributed by atoms with E-state index in [2.05, 4.69) is 19.2 Å². The van der Waals surface area contributed by atoms with Gasteiger partial charge in [0.15, 0.2) is 0 Å². The van der Waals surface area contributed by atoms with Crippen molar-refractivity contribution in [2.75, 3.05) is 7.05 Å². The highest BCUT2D eigenvalue weighted by Crippen LogP contribution is 2.23. The van der Waals surface area contributed by atoms with Crippen molar-refractivity contribution in [3.8, 4) is 0 Å². The van der Waals surface area contributed by atoms with Crippen molar-refractivity contribution in [2.45, 2.75) is 39.2 Å². The van der Waals surface area contributed by atoms with Crippen LogP contribution in [0.1, 0.15) is 44.7 Å². The Hall–Kier alpha value is -0.960. The first-order valence-electron chi connectivity index (χ1n) is 6.16.